The van der Waals surface area contributed by atoms with Crippen LogP contribution in [0, 0.1) is 5.92 Å². The Labute approximate surface area is 101 Å². The molecule has 2 aliphatic carbocycles. The molecule has 2 unspecified atom stereocenters. The van der Waals surface area contributed by atoms with Gasteiger partial charge in [-0.05, 0) is 31.7 Å². The van der Waals surface area contributed by atoms with Crippen LogP contribution in [0.5, 0.6) is 0 Å². The summed E-state index contributed by atoms with van der Waals surface area (Å²) in [7, 11) is 0. The van der Waals surface area contributed by atoms with Crippen LogP contribution in [0.25, 0.3) is 0 Å². The quantitative estimate of drug-likeness (QED) is 0.849. The van der Waals surface area contributed by atoms with Gasteiger partial charge in [-0.1, -0.05) is 13.8 Å². The molecular weight excluding hydrogens is 216 g/mol. The molecule has 0 bridgehead atoms. The number of hydrogen-bond donors (Lipinski definition) is 1. The zero-order chi connectivity index (χ0) is 11.1. The lowest BCUT2D eigenvalue weighted by molar-refractivity contribution is 0.726. The molecule has 16 heavy (non-hydrogen) atoms. The topological polar surface area (TPSA) is 24.9 Å². The van der Waals surface area contributed by atoms with E-state index in [2.05, 4.69) is 19.2 Å². The molecular formula is C13H20N2S. The fourth-order valence-electron chi connectivity index (χ4n) is 2.25. The van der Waals surface area contributed by atoms with Gasteiger partial charge in [0.2, 0.25) is 0 Å². The highest BCUT2D eigenvalue weighted by Crippen LogP contribution is 2.51. The maximum atomic E-state index is 4.92. The standard InChI is InChI=1S/C13H20N2S/c1-3-14-7-11-12(9-4-5-9)15-13(16-11)10-6-8(10)2/h8-10,14H,3-7H2,1-2H3. The monoisotopic (exact) mass is 236 g/mol. The van der Waals surface area contributed by atoms with Gasteiger partial charge in [0, 0.05) is 23.3 Å². The molecule has 2 saturated carbocycles. The van der Waals surface area contributed by atoms with Crippen molar-refractivity contribution in [3.05, 3.63) is 15.6 Å². The minimum absolute atomic E-state index is 0.790. The molecule has 0 amide bonds. The third-order valence-corrected chi connectivity index (χ3v) is 4.87. The minimum Gasteiger partial charge on any atom is -0.312 e. The summed E-state index contributed by atoms with van der Waals surface area (Å²) in [4.78, 5) is 6.43. The Bertz CT molecular complexity index is 381. The number of thiazole rings is 1. The van der Waals surface area contributed by atoms with Crippen molar-refractivity contribution in [3.63, 3.8) is 0 Å². The third kappa shape index (κ3) is 2.03. The zero-order valence-electron chi connectivity index (χ0n) is 10.1. The fourth-order valence-corrected chi connectivity index (χ4v) is 3.62. The van der Waals surface area contributed by atoms with E-state index in [0.717, 1.165) is 30.8 Å². The van der Waals surface area contributed by atoms with Crippen LogP contribution in [-0.2, 0) is 6.54 Å². The SMILES string of the molecule is CCNCc1sc(C2CC2C)nc1C1CC1. The fraction of sp³-hybridized carbons (Fsp3) is 0.769. The van der Waals surface area contributed by atoms with E-state index in [4.69, 9.17) is 4.98 Å². The van der Waals surface area contributed by atoms with Crippen molar-refractivity contribution in [2.24, 2.45) is 5.92 Å². The van der Waals surface area contributed by atoms with Gasteiger partial charge in [0.05, 0.1) is 10.7 Å². The van der Waals surface area contributed by atoms with Crippen molar-refractivity contribution in [2.45, 2.75) is 51.5 Å². The average molecular weight is 236 g/mol. The molecule has 2 fully saturated rings. The van der Waals surface area contributed by atoms with Crippen molar-refractivity contribution in [1.29, 1.82) is 0 Å². The smallest absolute Gasteiger partial charge is 0.0965 e. The summed E-state index contributed by atoms with van der Waals surface area (Å²) in [6.45, 7) is 6.59. The first-order valence-electron chi connectivity index (χ1n) is 6.49. The Kier molecular flexibility index (Phi) is 2.76. The second-order valence-electron chi connectivity index (χ2n) is 5.23. The van der Waals surface area contributed by atoms with Crippen molar-refractivity contribution in [1.82, 2.24) is 10.3 Å². The van der Waals surface area contributed by atoms with E-state index in [1.165, 1.54) is 34.8 Å². The van der Waals surface area contributed by atoms with Gasteiger partial charge in [0.1, 0.15) is 0 Å². The van der Waals surface area contributed by atoms with Crippen LogP contribution in [0.4, 0.5) is 0 Å². The van der Waals surface area contributed by atoms with Gasteiger partial charge in [0.25, 0.3) is 0 Å². The molecule has 0 aliphatic heterocycles. The first-order chi connectivity index (χ1) is 7.79. The molecule has 3 rings (SSSR count). The maximum Gasteiger partial charge on any atom is 0.0965 e. The van der Waals surface area contributed by atoms with Crippen LogP contribution in [-0.4, -0.2) is 11.5 Å². The lowest BCUT2D eigenvalue weighted by atomic mass is 10.2. The van der Waals surface area contributed by atoms with Gasteiger partial charge in [-0.3, -0.25) is 0 Å². The zero-order valence-corrected chi connectivity index (χ0v) is 10.9. The van der Waals surface area contributed by atoms with Crippen molar-refractivity contribution in [3.8, 4) is 0 Å². The predicted molar refractivity (Wildman–Crippen MR) is 68.0 cm³/mol. The minimum atomic E-state index is 0.790. The van der Waals surface area contributed by atoms with Crippen molar-refractivity contribution < 1.29 is 0 Å². The molecule has 1 aromatic heterocycles. The Morgan fingerprint density at radius 3 is 2.75 bits per heavy atom. The summed E-state index contributed by atoms with van der Waals surface area (Å²) in [5, 5.41) is 4.86. The number of aromatic nitrogens is 1. The summed E-state index contributed by atoms with van der Waals surface area (Å²) in [5.74, 6) is 2.47. The van der Waals surface area contributed by atoms with Crippen LogP contribution in [0.1, 0.15) is 60.5 Å². The summed E-state index contributed by atoms with van der Waals surface area (Å²) < 4.78 is 0. The number of rotatable bonds is 5. The van der Waals surface area contributed by atoms with Gasteiger partial charge < -0.3 is 5.32 Å². The lowest BCUT2D eigenvalue weighted by Crippen LogP contribution is -2.11. The number of nitrogens with zero attached hydrogens (tertiary/aromatic N) is 1. The number of nitrogens with one attached hydrogen (secondary N) is 1. The molecule has 2 atom stereocenters. The van der Waals surface area contributed by atoms with Crippen molar-refractivity contribution in [2.75, 3.05) is 6.54 Å². The molecule has 0 saturated heterocycles. The molecule has 2 nitrogen and oxygen atoms in total. The first kappa shape index (κ1) is 10.7. The van der Waals surface area contributed by atoms with E-state index >= 15 is 0 Å². The van der Waals surface area contributed by atoms with E-state index in [-0.39, 0.29) is 0 Å². The number of hydrogen-bond acceptors (Lipinski definition) is 3. The summed E-state index contributed by atoms with van der Waals surface area (Å²) >= 11 is 1.97. The molecule has 0 radical (unpaired) electrons. The van der Waals surface area contributed by atoms with E-state index in [9.17, 15) is 0 Å². The molecule has 88 valence electrons. The second-order valence-corrected chi connectivity index (χ2v) is 6.35. The molecule has 0 aromatic carbocycles. The molecule has 0 spiro atoms. The highest BCUT2D eigenvalue weighted by molar-refractivity contribution is 7.11. The van der Waals surface area contributed by atoms with Crippen LogP contribution in [0.3, 0.4) is 0 Å². The lowest BCUT2D eigenvalue weighted by Gasteiger charge is -2.00. The van der Waals surface area contributed by atoms with E-state index in [1.807, 2.05) is 11.3 Å². The highest BCUT2D eigenvalue weighted by Gasteiger charge is 2.38. The Balaban J connectivity index is 1.80. The van der Waals surface area contributed by atoms with Gasteiger partial charge >= 0.3 is 0 Å². The molecule has 1 aromatic rings. The first-order valence-corrected chi connectivity index (χ1v) is 7.31. The average Bonchev–Trinajstić information content (AvgIpc) is 3.18. The Morgan fingerprint density at radius 1 is 1.44 bits per heavy atom. The Hall–Kier alpha value is -0.410. The maximum absolute atomic E-state index is 4.92. The second kappa shape index (κ2) is 4.11. The summed E-state index contributed by atoms with van der Waals surface area (Å²) in [5.41, 5.74) is 1.43. The summed E-state index contributed by atoms with van der Waals surface area (Å²) in [6, 6.07) is 0. The van der Waals surface area contributed by atoms with Gasteiger partial charge in [-0.15, -0.1) is 11.3 Å². The molecule has 1 N–H and O–H groups in total. The van der Waals surface area contributed by atoms with E-state index < -0.39 is 0 Å². The normalized spacial score (nSPS) is 28.4. The van der Waals surface area contributed by atoms with Crippen molar-refractivity contribution >= 4 is 11.3 Å². The molecule has 2 aliphatic rings. The van der Waals surface area contributed by atoms with Crippen LogP contribution in [0.15, 0.2) is 0 Å². The highest BCUT2D eigenvalue weighted by atomic mass is 32.1. The van der Waals surface area contributed by atoms with Crippen LogP contribution < -0.4 is 5.32 Å². The van der Waals surface area contributed by atoms with E-state index in [1.54, 1.807) is 0 Å². The third-order valence-electron chi connectivity index (χ3n) is 3.67. The predicted octanol–water partition coefficient (Wildman–Crippen LogP) is 3.25. The molecule has 3 heteroatoms. The van der Waals surface area contributed by atoms with Gasteiger partial charge in [-0.25, -0.2) is 4.98 Å². The molecule has 1 heterocycles. The van der Waals surface area contributed by atoms with E-state index in [0.29, 0.717) is 0 Å². The largest absolute Gasteiger partial charge is 0.312 e. The van der Waals surface area contributed by atoms with Gasteiger partial charge in [-0.2, -0.15) is 0 Å². The Morgan fingerprint density at radius 2 is 2.19 bits per heavy atom. The summed E-state index contributed by atoms with van der Waals surface area (Å²) in [6.07, 6.45) is 4.09. The van der Waals surface area contributed by atoms with Crippen LogP contribution in [0.2, 0.25) is 0 Å². The van der Waals surface area contributed by atoms with Crippen LogP contribution >= 0.6 is 11.3 Å². The van der Waals surface area contributed by atoms with Gasteiger partial charge in [0.15, 0.2) is 0 Å².